The van der Waals surface area contributed by atoms with E-state index >= 15 is 0 Å². The van der Waals surface area contributed by atoms with Crippen molar-refractivity contribution < 1.29 is 4.79 Å². The number of hydrogen-bond acceptors (Lipinski definition) is 4. The zero-order valence-corrected chi connectivity index (χ0v) is 13.7. The number of carbonyl (C=O) groups excluding carboxylic acids is 1. The van der Waals surface area contributed by atoms with Gasteiger partial charge in [-0.25, -0.2) is 0 Å². The average Bonchev–Trinajstić information content (AvgIpc) is 2.80. The van der Waals surface area contributed by atoms with Gasteiger partial charge >= 0.3 is 0 Å². The van der Waals surface area contributed by atoms with Crippen LogP contribution in [-0.2, 0) is 11.8 Å². The van der Waals surface area contributed by atoms with Gasteiger partial charge in [-0.2, -0.15) is 0 Å². The number of aromatic nitrogens is 3. The highest BCUT2D eigenvalue weighted by atomic mass is 35.5. The highest BCUT2D eigenvalue weighted by Gasteiger charge is 2.13. The Bertz CT molecular complexity index is 624. The van der Waals surface area contributed by atoms with Gasteiger partial charge < -0.3 is 9.88 Å². The van der Waals surface area contributed by atoms with Crippen LogP contribution in [0.3, 0.4) is 0 Å². The standard InChI is InChI=1S/C14H17ClN4OS/c1-9(2)13-17-18-14(19(13)3)21-8-12(20)16-11-6-4-10(15)5-7-11/h4-7,9H,8H2,1-3H3,(H,16,20). The summed E-state index contributed by atoms with van der Waals surface area (Å²) >= 11 is 7.17. The zero-order valence-electron chi connectivity index (χ0n) is 12.1. The van der Waals surface area contributed by atoms with Gasteiger partial charge in [0.1, 0.15) is 5.82 Å². The van der Waals surface area contributed by atoms with Crippen LogP contribution in [0.2, 0.25) is 5.02 Å². The maximum absolute atomic E-state index is 11.9. The van der Waals surface area contributed by atoms with Crippen molar-refractivity contribution in [1.82, 2.24) is 14.8 Å². The third kappa shape index (κ3) is 4.22. The molecule has 7 heteroatoms. The number of carbonyl (C=O) groups is 1. The van der Waals surface area contributed by atoms with Gasteiger partial charge in [-0.15, -0.1) is 10.2 Å². The third-order valence-corrected chi connectivity index (χ3v) is 4.12. The molecule has 1 aromatic carbocycles. The van der Waals surface area contributed by atoms with Crippen LogP contribution >= 0.6 is 23.4 Å². The van der Waals surface area contributed by atoms with Crippen molar-refractivity contribution >= 4 is 35.0 Å². The van der Waals surface area contributed by atoms with Crippen molar-refractivity contribution in [2.75, 3.05) is 11.1 Å². The van der Waals surface area contributed by atoms with E-state index in [2.05, 4.69) is 29.4 Å². The molecule has 0 aliphatic heterocycles. The molecule has 1 N–H and O–H groups in total. The molecule has 0 bridgehead atoms. The van der Waals surface area contributed by atoms with E-state index in [1.807, 2.05) is 11.6 Å². The van der Waals surface area contributed by atoms with Crippen LogP contribution in [0, 0.1) is 0 Å². The smallest absolute Gasteiger partial charge is 0.234 e. The van der Waals surface area contributed by atoms with Gasteiger partial charge in [-0.1, -0.05) is 37.2 Å². The maximum Gasteiger partial charge on any atom is 0.234 e. The maximum atomic E-state index is 11.9. The molecule has 0 spiro atoms. The fourth-order valence-electron chi connectivity index (χ4n) is 1.82. The van der Waals surface area contributed by atoms with E-state index in [0.717, 1.165) is 16.7 Å². The SMILES string of the molecule is CC(C)c1nnc(SCC(=O)Nc2ccc(Cl)cc2)n1C. The second-order valence-electron chi connectivity index (χ2n) is 4.90. The molecule has 112 valence electrons. The van der Waals surface area contributed by atoms with Crippen LogP contribution < -0.4 is 5.32 Å². The molecular weight excluding hydrogens is 308 g/mol. The Hall–Kier alpha value is -1.53. The largest absolute Gasteiger partial charge is 0.325 e. The van der Waals surface area contributed by atoms with E-state index < -0.39 is 0 Å². The summed E-state index contributed by atoms with van der Waals surface area (Å²) in [5.74, 6) is 1.42. The Morgan fingerprint density at radius 1 is 1.33 bits per heavy atom. The molecule has 0 unspecified atom stereocenters. The molecule has 0 atom stereocenters. The first-order chi connectivity index (χ1) is 9.97. The summed E-state index contributed by atoms with van der Waals surface area (Å²) in [5, 5.41) is 12.4. The molecule has 0 fully saturated rings. The minimum atomic E-state index is -0.0866. The molecule has 0 aliphatic rings. The van der Waals surface area contributed by atoms with Crippen molar-refractivity contribution in [2.45, 2.75) is 24.9 Å². The molecule has 21 heavy (non-hydrogen) atoms. The highest BCUT2D eigenvalue weighted by Crippen LogP contribution is 2.20. The number of anilines is 1. The minimum Gasteiger partial charge on any atom is -0.325 e. The van der Waals surface area contributed by atoms with E-state index in [9.17, 15) is 4.79 Å². The van der Waals surface area contributed by atoms with Gasteiger partial charge in [0, 0.05) is 23.7 Å². The van der Waals surface area contributed by atoms with Gasteiger partial charge in [0.05, 0.1) is 5.75 Å². The van der Waals surface area contributed by atoms with E-state index in [0.29, 0.717) is 10.9 Å². The first-order valence-corrected chi connectivity index (χ1v) is 7.91. The lowest BCUT2D eigenvalue weighted by molar-refractivity contribution is -0.113. The monoisotopic (exact) mass is 324 g/mol. The number of halogens is 1. The topological polar surface area (TPSA) is 59.8 Å². The van der Waals surface area contributed by atoms with Crippen LogP contribution in [-0.4, -0.2) is 26.4 Å². The van der Waals surface area contributed by atoms with Crippen molar-refractivity contribution in [1.29, 1.82) is 0 Å². The first-order valence-electron chi connectivity index (χ1n) is 6.55. The number of thioether (sulfide) groups is 1. The van der Waals surface area contributed by atoms with Crippen molar-refractivity contribution in [3.63, 3.8) is 0 Å². The van der Waals surface area contributed by atoms with Crippen LogP contribution in [0.4, 0.5) is 5.69 Å². The summed E-state index contributed by atoms with van der Waals surface area (Å²) in [7, 11) is 1.91. The molecular formula is C14H17ClN4OS. The van der Waals surface area contributed by atoms with Crippen molar-refractivity contribution in [3.05, 3.63) is 35.1 Å². The van der Waals surface area contributed by atoms with Gasteiger partial charge in [0.25, 0.3) is 0 Å². The predicted molar refractivity (Wildman–Crippen MR) is 85.9 cm³/mol. The second kappa shape index (κ2) is 6.95. The predicted octanol–water partition coefficient (Wildman–Crippen LogP) is 3.32. The molecule has 1 amide bonds. The Balaban J connectivity index is 1.91. The summed E-state index contributed by atoms with van der Waals surface area (Å²) in [5.41, 5.74) is 0.728. The number of nitrogens with one attached hydrogen (secondary N) is 1. The Labute approximate surface area is 133 Å². The molecule has 5 nitrogen and oxygen atoms in total. The van der Waals surface area contributed by atoms with E-state index in [4.69, 9.17) is 11.6 Å². The normalized spacial score (nSPS) is 10.9. The zero-order chi connectivity index (χ0) is 15.4. The third-order valence-electron chi connectivity index (χ3n) is 2.85. The summed E-state index contributed by atoms with van der Waals surface area (Å²) in [6, 6.07) is 7.01. The Morgan fingerprint density at radius 2 is 2.00 bits per heavy atom. The van der Waals surface area contributed by atoms with Crippen LogP contribution in [0.25, 0.3) is 0 Å². The average molecular weight is 325 g/mol. The molecule has 0 aliphatic carbocycles. The second-order valence-corrected chi connectivity index (χ2v) is 6.28. The summed E-state index contributed by atoms with van der Waals surface area (Å²) in [6.45, 7) is 4.12. The van der Waals surface area contributed by atoms with Crippen LogP contribution in [0.5, 0.6) is 0 Å². The molecule has 1 aromatic heterocycles. The van der Waals surface area contributed by atoms with E-state index in [1.165, 1.54) is 11.8 Å². The Kier molecular flexibility index (Phi) is 5.25. The lowest BCUT2D eigenvalue weighted by Gasteiger charge is -2.06. The summed E-state index contributed by atoms with van der Waals surface area (Å²) in [4.78, 5) is 11.9. The van der Waals surface area contributed by atoms with Crippen LogP contribution in [0.1, 0.15) is 25.6 Å². The van der Waals surface area contributed by atoms with Gasteiger partial charge in [-0.05, 0) is 24.3 Å². The number of rotatable bonds is 5. The fraction of sp³-hybridized carbons (Fsp3) is 0.357. The quantitative estimate of drug-likeness (QED) is 0.857. The highest BCUT2D eigenvalue weighted by molar-refractivity contribution is 7.99. The van der Waals surface area contributed by atoms with Gasteiger partial charge in [0.2, 0.25) is 5.91 Å². The molecule has 0 saturated heterocycles. The number of hydrogen-bond donors (Lipinski definition) is 1. The lowest BCUT2D eigenvalue weighted by Crippen LogP contribution is -2.14. The van der Waals surface area contributed by atoms with Gasteiger partial charge in [-0.3, -0.25) is 4.79 Å². The van der Waals surface area contributed by atoms with Crippen LogP contribution in [0.15, 0.2) is 29.4 Å². The number of benzene rings is 1. The molecule has 2 aromatic rings. The molecule has 2 rings (SSSR count). The van der Waals surface area contributed by atoms with E-state index in [-0.39, 0.29) is 11.7 Å². The molecule has 1 heterocycles. The van der Waals surface area contributed by atoms with Gasteiger partial charge in [0.15, 0.2) is 5.16 Å². The summed E-state index contributed by atoms with van der Waals surface area (Å²) in [6.07, 6.45) is 0. The number of amides is 1. The molecule has 0 radical (unpaired) electrons. The van der Waals surface area contributed by atoms with Crippen molar-refractivity contribution in [2.24, 2.45) is 7.05 Å². The molecule has 0 saturated carbocycles. The minimum absolute atomic E-state index is 0.0866. The fourth-order valence-corrected chi connectivity index (χ4v) is 2.66. The van der Waals surface area contributed by atoms with E-state index in [1.54, 1.807) is 24.3 Å². The number of nitrogens with zero attached hydrogens (tertiary/aromatic N) is 3. The van der Waals surface area contributed by atoms with Crippen molar-refractivity contribution in [3.8, 4) is 0 Å². The Morgan fingerprint density at radius 3 is 2.57 bits per heavy atom. The lowest BCUT2D eigenvalue weighted by atomic mass is 10.2. The first kappa shape index (κ1) is 15.9. The summed E-state index contributed by atoms with van der Waals surface area (Å²) < 4.78 is 1.92.